The predicted molar refractivity (Wildman–Crippen MR) is 124 cm³/mol. The van der Waals surface area contributed by atoms with E-state index in [1.807, 2.05) is 0 Å². The molecule has 0 saturated carbocycles. The molecule has 170 valence electrons. The second-order valence-corrected chi connectivity index (χ2v) is 8.89. The molecule has 0 radical (unpaired) electrons. The zero-order valence-electron chi connectivity index (χ0n) is 17.4. The maximum atomic E-state index is 10.4. The van der Waals surface area contributed by atoms with Crippen LogP contribution in [0.3, 0.4) is 0 Å². The Labute approximate surface area is 190 Å². The molecule has 4 atom stereocenters. The maximum Gasteiger partial charge on any atom is 0.0753 e. The quantitative estimate of drug-likeness (QED) is 0.585. The number of halogens is 3. The van der Waals surface area contributed by atoms with Crippen molar-refractivity contribution in [1.82, 2.24) is 14.7 Å². The average molecular weight is 463 g/mol. The minimum atomic E-state index is -0.167. The van der Waals surface area contributed by atoms with Crippen LogP contribution in [0.15, 0.2) is 0 Å². The number of likely N-dealkylation sites (tertiary alicyclic amines) is 3. The average Bonchev–Trinajstić information content (AvgIpc) is 2.60. The minimum Gasteiger partial charge on any atom is -0.392 e. The Kier molecular flexibility index (Phi) is 13.4. The van der Waals surface area contributed by atoms with Gasteiger partial charge in [0.25, 0.3) is 0 Å². The van der Waals surface area contributed by atoms with E-state index in [-0.39, 0.29) is 43.3 Å². The van der Waals surface area contributed by atoms with Crippen LogP contribution in [0.5, 0.6) is 0 Å². The zero-order chi connectivity index (χ0) is 18.0. The van der Waals surface area contributed by atoms with Crippen LogP contribution >= 0.6 is 37.2 Å². The summed E-state index contributed by atoms with van der Waals surface area (Å²) in [5, 5.41) is 10.4. The Hall–Kier alpha value is 0.630. The molecule has 0 spiro atoms. The molecule has 3 aliphatic heterocycles. The third-order valence-electron chi connectivity index (χ3n) is 6.68. The normalized spacial score (nSPS) is 32.7. The standard InChI is InChI=1S/C19H39N5O.3ClH/c1-14-11-24(12-15(2)19(14)25)18(23-9-5-17(21)6-10-23)13-22-7-3-16(20)4-8-22;;;/h14-19,25H,3-13,20-21H2,1-2H3;3*1H/t14-,15+,18?,19?;;;. The van der Waals surface area contributed by atoms with Crippen LogP contribution in [0.1, 0.15) is 39.5 Å². The zero-order valence-corrected chi connectivity index (χ0v) is 19.9. The first kappa shape index (κ1) is 28.6. The van der Waals surface area contributed by atoms with E-state index in [9.17, 15) is 5.11 Å². The Morgan fingerprint density at radius 2 is 1.21 bits per heavy atom. The van der Waals surface area contributed by atoms with Crippen LogP contribution in [0, 0.1) is 11.8 Å². The lowest BCUT2D eigenvalue weighted by Gasteiger charge is -2.49. The van der Waals surface area contributed by atoms with Gasteiger partial charge in [-0.2, -0.15) is 0 Å². The summed E-state index contributed by atoms with van der Waals surface area (Å²) in [6, 6.07) is 0.749. The first-order valence-electron chi connectivity index (χ1n) is 10.3. The van der Waals surface area contributed by atoms with Crippen molar-refractivity contribution in [3.05, 3.63) is 0 Å². The lowest BCUT2D eigenvalue weighted by Crippen LogP contribution is -2.62. The van der Waals surface area contributed by atoms with Gasteiger partial charge in [-0.05, 0) is 50.6 Å². The SMILES string of the molecule is C[C@@H]1CN(C(CN2CCC(N)CC2)N2CCC(N)CC2)C[C@H](C)C1O.Cl.Cl.Cl. The lowest BCUT2D eigenvalue weighted by molar-refractivity contribution is -0.0727. The second-order valence-electron chi connectivity index (χ2n) is 8.89. The molecule has 6 nitrogen and oxygen atoms in total. The maximum absolute atomic E-state index is 10.4. The summed E-state index contributed by atoms with van der Waals surface area (Å²) < 4.78 is 0. The van der Waals surface area contributed by atoms with E-state index in [1.54, 1.807) is 0 Å². The fraction of sp³-hybridized carbons (Fsp3) is 1.00. The van der Waals surface area contributed by atoms with Crippen molar-refractivity contribution in [3.8, 4) is 0 Å². The topological polar surface area (TPSA) is 82.0 Å². The van der Waals surface area contributed by atoms with E-state index in [0.717, 1.165) is 71.5 Å². The summed E-state index contributed by atoms with van der Waals surface area (Å²) in [4.78, 5) is 7.88. The van der Waals surface area contributed by atoms with Gasteiger partial charge in [0.15, 0.2) is 0 Å². The van der Waals surface area contributed by atoms with Crippen LogP contribution in [0.4, 0.5) is 0 Å². The second kappa shape index (κ2) is 13.1. The van der Waals surface area contributed by atoms with E-state index in [4.69, 9.17) is 11.5 Å². The number of piperidine rings is 3. The molecule has 0 amide bonds. The van der Waals surface area contributed by atoms with Crippen LogP contribution in [-0.2, 0) is 0 Å². The molecule has 0 aromatic rings. The molecular weight excluding hydrogens is 421 g/mol. The van der Waals surface area contributed by atoms with Crippen molar-refractivity contribution < 1.29 is 5.11 Å². The highest BCUT2D eigenvalue weighted by molar-refractivity contribution is 5.86. The predicted octanol–water partition coefficient (Wildman–Crippen LogP) is 1.37. The molecule has 3 rings (SSSR count). The van der Waals surface area contributed by atoms with E-state index in [0.29, 0.717) is 30.1 Å². The summed E-state index contributed by atoms with van der Waals surface area (Å²) in [5.74, 6) is 0.682. The molecule has 3 heterocycles. The molecule has 3 aliphatic rings. The van der Waals surface area contributed by atoms with Crippen molar-refractivity contribution in [2.24, 2.45) is 23.3 Å². The largest absolute Gasteiger partial charge is 0.392 e. The Morgan fingerprint density at radius 1 is 0.786 bits per heavy atom. The number of aliphatic hydroxyl groups is 1. The van der Waals surface area contributed by atoms with Gasteiger partial charge in [-0.15, -0.1) is 37.2 Å². The monoisotopic (exact) mass is 461 g/mol. The van der Waals surface area contributed by atoms with Gasteiger partial charge in [0.2, 0.25) is 0 Å². The van der Waals surface area contributed by atoms with Crippen LogP contribution < -0.4 is 11.5 Å². The van der Waals surface area contributed by atoms with Gasteiger partial charge in [0.1, 0.15) is 0 Å². The summed E-state index contributed by atoms with van der Waals surface area (Å²) in [5.41, 5.74) is 12.2. The van der Waals surface area contributed by atoms with Gasteiger partial charge < -0.3 is 21.5 Å². The number of aliphatic hydroxyl groups excluding tert-OH is 1. The molecule has 28 heavy (non-hydrogen) atoms. The molecule has 0 bridgehead atoms. The third kappa shape index (κ3) is 7.40. The van der Waals surface area contributed by atoms with Gasteiger partial charge in [0.05, 0.1) is 12.3 Å². The Balaban J connectivity index is 0.00000243. The van der Waals surface area contributed by atoms with Gasteiger partial charge in [-0.1, -0.05) is 13.8 Å². The van der Waals surface area contributed by atoms with Crippen LogP contribution in [0.2, 0.25) is 0 Å². The van der Waals surface area contributed by atoms with Crippen molar-refractivity contribution >= 4 is 37.2 Å². The summed E-state index contributed by atoms with van der Waals surface area (Å²) in [7, 11) is 0. The van der Waals surface area contributed by atoms with Crippen LogP contribution in [-0.4, -0.2) is 90.0 Å². The van der Waals surface area contributed by atoms with Crippen molar-refractivity contribution in [2.75, 3.05) is 45.8 Å². The first-order chi connectivity index (χ1) is 11.9. The number of nitrogens with two attached hydrogens (primary N) is 2. The number of nitrogens with zero attached hydrogens (tertiary/aromatic N) is 3. The van der Waals surface area contributed by atoms with Gasteiger partial charge in [-0.25, -0.2) is 0 Å². The lowest BCUT2D eigenvalue weighted by atomic mass is 9.88. The molecule has 2 unspecified atom stereocenters. The molecule has 0 aliphatic carbocycles. The molecule has 5 N–H and O–H groups in total. The molecule has 0 aromatic heterocycles. The van der Waals surface area contributed by atoms with Gasteiger partial charge in [0, 0.05) is 44.8 Å². The van der Waals surface area contributed by atoms with Gasteiger partial charge in [-0.3, -0.25) is 9.80 Å². The molecule has 9 heteroatoms. The van der Waals surface area contributed by atoms with E-state index < -0.39 is 0 Å². The molecule has 3 saturated heterocycles. The highest BCUT2D eigenvalue weighted by Crippen LogP contribution is 2.26. The highest BCUT2D eigenvalue weighted by atomic mass is 35.5. The first-order valence-corrected chi connectivity index (χ1v) is 10.3. The number of hydrogen-bond acceptors (Lipinski definition) is 6. The third-order valence-corrected chi connectivity index (χ3v) is 6.68. The Bertz CT molecular complexity index is 408. The number of hydrogen-bond donors (Lipinski definition) is 3. The smallest absolute Gasteiger partial charge is 0.0753 e. The van der Waals surface area contributed by atoms with E-state index >= 15 is 0 Å². The van der Waals surface area contributed by atoms with Crippen molar-refractivity contribution in [1.29, 1.82) is 0 Å². The Morgan fingerprint density at radius 3 is 1.68 bits per heavy atom. The number of rotatable bonds is 4. The van der Waals surface area contributed by atoms with E-state index in [2.05, 4.69) is 28.5 Å². The summed E-state index contributed by atoms with van der Waals surface area (Å²) in [6.07, 6.45) is 4.71. The van der Waals surface area contributed by atoms with E-state index in [1.165, 1.54) is 0 Å². The fourth-order valence-corrected chi connectivity index (χ4v) is 4.88. The van der Waals surface area contributed by atoms with Crippen molar-refractivity contribution in [2.45, 2.75) is 63.9 Å². The molecule has 0 aromatic carbocycles. The van der Waals surface area contributed by atoms with Crippen molar-refractivity contribution in [3.63, 3.8) is 0 Å². The minimum absolute atomic E-state index is 0. The van der Waals surface area contributed by atoms with Crippen LogP contribution in [0.25, 0.3) is 0 Å². The molecular formula is C19H42Cl3N5O. The van der Waals surface area contributed by atoms with Gasteiger partial charge >= 0.3 is 0 Å². The molecule has 3 fully saturated rings. The summed E-state index contributed by atoms with van der Waals surface area (Å²) in [6.45, 7) is 11.9. The highest BCUT2D eigenvalue weighted by Gasteiger charge is 2.37. The fourth-order valence-electron chi connectivity index (χ4n) is 4.88. The summed E-state index contributed by atoms with van der Waals surface area (Å²) >= 11 is 0.